The van der Waals surface area contributed by atoms with Crippen LogP contribution in [0.5, 0.6) is 0 Å². The normalized spacial score (nSPS) is 12.2. The Morgan fingerprint density at radius 3 is 2.56 bits per heavy atom. The first-order chi connectivity index (χ1) is 8.65. The van der Waals surface area contributed by atoms with E-state index in [2.05, 4.69) is 19.1 Å². The summed E-state index contributed by atoms with van der Waals surface area (Å²) in [7, 11) is 1.91. The molecule has 0 radical (unpaired) electrons. The summed E-state index contributed by atoms with van der Waals surface area (Å²) in [6, 6.07) is 10.3. The second kappa shape index (κ2) is 7.91. The Morgan fingerprint density at radius 2 is 1.94 bits per heavy atom. The van der Waals surface area contributed by atoms with Crippen LogP contribution in [0.25, 0.3) is 0 Å². The summed E-state index contributed by atoms with van der Waals surface area (Å²) in [6.45, 7) is 5.01. The van der Waals surface area contributed by atoms with Gasteiger partial charge in [0, 0.05) is 19.5 Å². The molecule has 0 bridgehead atoms. The van der Waals surface area contributed by atoms with Crippen molar-refractivity contribution in [3.05, 3.63) is 35.9 Å². The van der Waals surface area contributed by atoms with Crippen LogP contribution in [0.15, 0.2) is 30.3 Å². The van der Waals surface area contributed by atoms with E-state index in [1.54, 1.807) is 0 Å². The smallest absolute Gasteiger partial charge is 0.225 e. The van der Waals surface area contributed by atoms with Gasteiger partial charge in [0.25, 0.3) is 0 Å². The van der Waals surface area contributed by atoms with Crippen molar-refractivity contribution in [2.24, 2.45) is 5.92 Å². The molecule has 100 valence electrons. The molecule has 0 aromatic heterocycles. The second-order valence-electron chi connectivity index (χ2n) is 5.04. The Kier molecular flexibility index (Phi) is 6.48. The number of carbonyl (C=O) groups excluding carboxylic acids is 1. The van der Waals surface area contributed by atoms with Gasteiger partial charge < -0.3 is 4.90 Å². The molecular formula is C16H25NO. The van der Waals surface area contributed by atoms with E-state index in [0.717, 1.165) is 32.2 Å². The molecule has 0 saturated carbocycles. The van der Waals surface area contributed by atoms with Gasteiger partial charge in [0.15, 0.2) is 0 Å². The lowest BCUT2D eigenvalue weighted by Gasteiger charge is -2.21. The summed E-state index contributed by atoms with van der Waals surface area (Å²) >= 11 is 0. The van der Waals surface area contributed by atoms with Crippen molar-refractivity contribution in [2.75, 3.05) is 13.6 Å². The Balaban J connectivity index is 2.35. The first-order valence-electron chi connectivity index (χ1n) is 6.94. The third kappa shape index (κ3) is 4.91. The molecule has 0 N–H and O–H groups in total. The molecule has 2 heteroatoms. The van der Waals surface area contributed by atoms with Crippen molar-refractivity contribution in [1.29, 1.82) is 0 Å². The van der Waals surface area contributed by atoms with Crippen LogP contribution in [-0.2, 0) is 11.2 Å². The average Bonchev–Trinajstić information content (AvgIpc) is 2.42. The standard InChI is InChI=1S/C16H25NO/c1-4-5-9-14(2)16(18)17(3)13-12-15-10-7-6-8-11-15/h6-8,10-11,14H,4-5,9,12-13H2,1-3H3. The molecule has 1 aromatic rings. The molecule has 0 aliphatic rings. The molecule has 1 aromatic carbocycles. The van der Waals surface area contributed by atoms with Gasteiger partial charge in [-0.1, -0.05) is 57.0 Å². The predicted molar refractivity (Wildman–Crippen MR) is 76.5 cm³/mol. The molecule has 0 aliphatic carbocycles. The average molecular weight is 247 g/mol. The molecule has 2 nitrogen and oxygen atoms in total. The van der Waals surface area contributed by atoms with Crippen molar-refractivity contribution >= 4 is 5.91 Å². The predicted octanol–water partition coefficient (Wildman–Crippen LogP) is 3.51. The van der Waals surface area contributed by atoms with Gasteiger partial charge >= 0.3 is 0 Å². The lowest BCUT2D eigenvalue weighted by atomic mass is 10.0. The van der Waals surface area contributed by atoms with Crippen LogP contribution in [0.3, 0.4) is 0 Å². The number of rotatable bonds is 7. The molecule has 0 spiro atoms. The van der Waals surface area contributed by atoms with Crippen LogP contribution in [0.1, 0.15) is 38.7 Å². The number of hydrogen-bond acceptors (Lipinski definition) is 1. The van der Waals surface area contributed by atoms with E-state index in [-0.39, 0.29) is 11.8 Å². The fourth-order valence-electron chi connectivity index (χ4n) is 2.06. The van der Waals surface area contributed by atoms with Crippen molar-refractivity contribution in [1.82, 2.24) is 4.90 Å². The van der Waals surface area contributed by atoms with E-state index in [1.807, 2.05) is 37.1 Å². The highest BCUT2D eigenvalue weighted by molar-refractivity contribution is 5.78. The second-order valence-corrected chi connectivity index (χ2v) is 5.04. The molecule has 1 amide bonds. The summed E-state index contributed by atoms with van der Waals surface area (Å²) in [5.74, 6) is 0.435. The molecule has 0 fully saturated rings. The van der Waals surface area contributed by atoms with Crippen LogP contribution < -0.4 is 0 Å². The first-order valence-corrected chi connectivity index (χ1v) is 6.94. The maximum absolute atomic E-state index is 12.1. The van der Waals surface area contributed by atoms with Gasteiger partial charge in [0.05, 0.1) is 0 Å². The first kappa shape index (κ1) is 14.7. The monoisotopic (exact) mass is 247 g/mol. The van der Waals surface area contributed by atoms with E-state index in [0.29, 0.717) is 0 Å². The maximum atomic E-state index is 12.1. The zero-order chi connectivity index (χ0) is 13.4. The van der Waals surface area contributed by atoms with E-state index >= 15 is 0 Å². The van der Waals surface area contributed by atoms with E-state index in [9.17, 15) is 4.79 Å². The minimum atomic E-state index is 0.158. The molecule has 1 atom stereocenters. The number of amides is 1. The van der Waals surface area contributed by atoms with Crippen LogP contribution in [-0.4, -0.2) is 24.4 Å². The number of nitrogens with zero attached hydrogens (tertiary/aromatic N) is 1. The third-order valence-corrected chi connectivity index (χ3v) is 3.37. The van der Waals surface area contributed by atoms with Crippen molar-refractivity contribution in [2.45, 2.75) is 39.5 Å². The molecule has 0 aliphatic heterocycles. The summed E-state index contributed by atoms with van der Waals surface area (Å²) in [4.78, 5) is 14.0. The fourth-order valence-corrected chi connectivity index (χ4v) is 2.06. The van der Waals surface area contributed by atoms with Crippen LogP contribution in [0, 0.1) is 5.92 Å². The Bertz CT molecular complexity index is 347. The lowest BCUT2D eigenvalue weighted by Crippen LogP contribution is -2.33. The van der Waals surface area contributed by atoms with Crippen molar-refractivity contribution < 1.29 is 4.79 Å². The molecular weight excluding hydrogens is 222 g/mol. The molecule has 1 rings (SSSR count). The van der Waals surface area contributed by atoms with Crippen molar-refractivity contribution in [3.63, 3.8) is 0 Å². The largest absolute Gasteiger partial charge is 0.345 e. The van der Waals surface area contributed by atoms with E-state index < -0.39 is 0 Å². The number of benzene rings is 1. The SMILES string of the molecule is CCCCC(C)C(=O)N(C)CCc1ccccc1. The Labute approximate surface area is 111 Å². The number of unbranched alkanes of at least 4 members (excludes halogenated alkanes) is 1. The minimum absolute atomic E-state index is 0.158. The van der Waals surface area contributed by atoms with Gasteiger partial charge in [0.1, 0.15) is 0 Å². The highest BCUT2D eigenvalue weighted by atomic mass is 16.2. The summed E-state index contributed by atoms with van der Waals surface area (Å²) in [6.07, 6.45) is 4.24. The highest BCUT2D eigenvalue weighted by Gasteiger charge is 2.16. The van der Waals surface area contributed by atoms with E-state index in [1.165, 1.54) is 5.56 Å². The van der Waals surface area contributed by atoms with Gasteiger partial charge in [-0.05, 0) is 18.4 Å². The summed E-state index contributed by atoms with van der Waals surface area (Å²) in [5, 5.41) is 0. The summed E-state index contributed by atoms with van der Waals surface area (Å²) < 4.78 is 0. The third-order valence-electron chi connectivity index (χ3n) is 3.37. The van der Waals surface area contributed by atoms with Gasteiger partial charge in [-0.25, -0.2) is 0 Å². The topological polar surface area (TPSA) is 20.3 Å². The number of likely N-dealkylation sites (N-methyl/N-ethyl adjacent to an activating group) is 1. The Hall–Kier alpha value is -1.31. The molecule has 0 saturated heterocycles. The summed E-state index contributed by atoms with van der Waals surface area (Å²) in [5.41, 5.74) is 1.29. The van der Waals surface area contributed by atoms with Gasteiger partial charge in [0.2, 0.25) is 5.91 Å². The molecule has 0 heterocycles. The molecule has 1 unspecified atom stereocenters. The number of hydrogen-bond donors (Lipinski definition) is 0. The zero-order valence-electron chi connectivity index (χ0n) is 11.9. The van der Waals surface area contributed by atoms with Crippen LogP contribution in [0.4, 0.5) is 0 Å². The lowest BCUT2D eigenvalue weighted by molar-refractivity contribution is -0.133. The van der Waals surface area contributed by atoms with Crippen LogP contribution >= 0.6 is 0 Å². The van der Waals surface area contributed by atoms with Gasteiger partial charge in [-0.15, -0.1) is 0 Å². The fraction of sp³-hybridized carbons (Fsp3) is 0.562. The van der Waals surface area contributed by atoms with Gasteiger partial charge in [-0.3, -0.25) is 4.79 Å². The molecule has 18 heavy (non-hydrogen) atoms. The highest BCUT2D eigenvalue weighted by Crippen LogP contribution is 2.11. The maximum Gasteiger partial charge on any atom is 0.225 e. The quantitative estimate of drug-likeness (QED) is 0.722. The van der Waals surface area contributed by atoms with E-state index in [4.69, 9.17) is 0 Å². The minimum Gasteiger partial charge on any atom is -0.345 e. The number of carbonyl (C=O) groups is 1. The Morgan fingerprint density at radius 1 is 1.28 bits per heavy atom. The van der Waals surface area contributed by atoms with Crippen LogP contribution in [0.2, 0.25) is 0 Å². The van der Waals surface area contributed by atoms with Crippen molar-refractivity contribution in [3.8, 4) is 0 Å². The zero-order valence-corrected chi connectivity index (χ0v) is 11.9. The van der Waals surface area contributed by atoms with Gasteiger partial charge in [-0.2, -0.15) is 0 Å².